The molecule has 2 heterocycles. The summed E-state index contributed by atoms with van der Waals surface area (Å²) in [5, 5.41) is 3.69. The zero-order chi connectivity index (χ0) is 14.7. The van der Waals surface area contributed by atoms with Crippen LogP contribution in [0.2, 0.25) is 0 Å². The van der Waals surface area contributed by atoms with E-state index in [4.69, 9.17) is 0 Å². The van der Waals surface area contributed by atoms with Crippen LogP contribution in [-0.4, -0.2) is 61.0 Å². The molecule has 0 radical (unpaired) electrons. The molecule has 20 heavy (non-hydrogen) atoms. The van der Waals surface area contributed by atoms with Gasteiger partial charge in [0.25, 0.3) is 0 Å². The Balaban J connectivity index is 1.98. The molecule has 1 N–H and O–H groups in total. The van der Waals surface area contributed by atoms with E-state index in [-0.39, 0.29) is 11.9 Å². The van der Waals surface area contributed by atoms with Crippen LogP contribution in [-0.2, 0) is 4.79 Å². The Morgan fingerprint density at radius 2 is 2.00 bits per heavy atom. The van der Waals surface area contributed by atoms with Gasteiger partial charge in [-0.15, -0.1) is 0 Å². The molecule has 0 aromatic heterocycles. The van der Waals surface area contributed by atoms with Gasteiger partial charge in [0, 0.05) is 32.7 Å². The molecule has 4 heteroatoms. The molecule has 2 saturated heterocycles. The largest absolute Gasteiger partial charge is 0.347 e. The summed E-state index contributed by atoms with van der Waals surface area (Å²) in [5.74, 6) is 0.772. The number of rotatable bonds is 5. The molecule has 2 aliphatic rings. The summed E-state index contributed by atoms with van der Waals surface area (Å²) < 4.78 is 0. The first-order valence-electron chi connectivity index (χ1n) is 8.20. The molecule has 0 aromatic rings. The summed E-state index contributed by atoms with van der Waals surface area (Å²) >= 11 is 0. The highest BCUT2D eigenvalue weighted by molar-refractivity contribution is 5.81. The highest BCUT2D eigenvalue weighted by atomic mass is 16.2. The van der Waals surface area contributed by atoms with Gasteiger partial charge < -0.3 is 10.2 Å². The van der Waals surface area contributed by atoms with Gasteiger partial charge in [-0.05, 0) is 38.1 Å². The van der Waals surface area contributed by atoms with Crippen molar-refractivity contribution in [2.75, 3.05) is 27.2 Å². The van der Waals surface area contributed by atoms with Crippen LogP contribution in [0.1, 0.15) is 46.0 Å². The topological polar surface area (TPSA) is 35.6 Å². The smallest absolute Gasteiger partial charge is 0.239 e. The van der Waals surface area contributed by atoms with E-state index >= 15 is 0 Å². The van der Waals surface area contributed by atoms with Crippen LogP contribution >= 0.6 is 0 Å². The summed E-state index contributed by atoms with van der Waals surface area (Å²) in [7, 11) is 3.72. The minimum absolute atomic E-state index is 0.0168. The van der Waals surface area contributed by atoms with Crippen LogP contribution < -0.4 is 5.32 Å². The fourth-order valence-corrected chi connectivity index (χ4v) is 3.72. The van der Waals surface area contributed by atoms with Gasteiger partial charge in [0.05, 0.1) is 6.04 Å². The summed E-state index contributed by atoms with van der Waals surface area (Å²) in [5.41, 5.74) is 0. The van der Waals surface area contributed by atoms with Crippen molar-refractivity contribution in [3.8, 4) is 0 Å². The number of carbonyl (C=O) groups is 1. The van der Waals surface area contributed by atoms with Crippen molar-refractivity contribution in [3.05, 3.63) is 0 Å². The minimum Gasteiger partial charge on any atom is -0.347 e. The molecule has 2 aliphatic heterocycles. The second-order valence-corrected chi connectivity index (χ2v) is 7.08. The van der Waals surface area contributed by atoms with Crippen LogP contribution in [0.25, 0.3) is 0 Å². The molecule has 116 valence electrons. The molecule has 2 fully saturated rings. The molecule has 1 amide bonds. The van der Waals surface area contributed by atoms with Gasteiger partial charge in [-0.25, -0.2) is 0 Å². The lowest BCUT2D eigenvalue weighted by Gasteiger charge is -2.35. The summed E-state index contributed by atoms with van der Waals surface area (Å²) in [6.45, 7) is 6.84. The average molecular weight is 281 g/mol. The van der Waals surface area contributed by atoms with Crippen molar-refractivity contribution in [3.63, 3.8) is 0 Å². The number of hydrogen-bond acceptors (Lipinski definition) is 3. The Morgan fingerprint density at radius 3 is 2.65 bits per heavy atom. The third-order valence-corrected chi connectivity index (χ3v) is 4.72. The van der Waals surface area contributed by atoms with Crippen molar-refractivity contribution < 1.29 is 4.79 Å². The van der Waals surface area contributed by atoms with Gasteiger partial charge in [-0.3, -0.25) is 9.69 Å². The van der Waals surface area contributed by atoms with E-state index in [1.807, 2.05) is 14.1 Å². The first-order chi connectivity index (χ1) is 9.49. The quantitative estimate of drug-likeness (QED) is 0.833. The number of hydrogen-bond donors (Lipinski definition) is 1. The normalized spacial score (nSPS) is 28.4. The van der Waals surface area contributed by atoms with Gasteiger partial charge in [-0.1, -0.05) is 20.3 Å². The highest BCUT2D eigenvalue weighted by Crippen LogP contribution is 2.27. The Kier molecular flexibility index (Phi) is 5.44. The average Bonchev–Trinajstić information content (AvgIpc) is 2.80. The number of nitrogens with one attached hydrogen (secondary N) is 1. The second kappa shape index (κ2) is 6.90. The molecule has 0 bridgehead atoms. The summed E-state index contributed by atoms with van der Waals surface area (Å²) in [6, 6.07) is 1.15. The first kappa shape index (κ1) is 15.8. The highest BCUT2D eigenvalue weighted by Gasteiger charge is 2.37. The fourth-order valence-electron chi connectivity index (χ4n) is 3.72. The SMILES string of the molecule is CC(C)CC(NC1CCN2CCCCC12)C(=O)N(C)C. The van der Waals surface area contributed by atoms with Crippen LogP contribution in [0.5, 0.6) is 0 Å². The summed E-state index contributed by atoms with van der Waals surface area (Å²) in [6.07, 6.45) is 6.10. The molecule has 4 nitrogen and oxygen atoms in total. The lowest BCUT2D eigenvalue weighted by molar-refractivity contribution is -0.131. The van der Waals surface area contributed by atoms with E-state index < -0.39 is 0 Å². The molecular weight excluding hydrogens is 250 g/mol. The van der Waals surface area contributed by atoms with E-state index in [0.29, 0.717) is 18.0 Å². The third kappa shape index (κ3) is 3.73. The van der Waals surface area contributed by atoms with Crippen LogP contribution in [0.4, 0.5) is 0 Å². The maximum absolute atomic E-state index is 12.4. The molecule has 0 aliphatic carbocycles. The lowest BCUT2D eigenvalue weighted by Crippen LogP contribution is -2.53. The molecule has 2 rings (SSSR count). The molecular formula is C16H31N3O. The van der Waals surface area contributed by atoms with Gasteiger partial charge in [0.2, 0.25) is 5.91 Å². The van der Waals surface area contributed by atoms with Gasteiger partial charge >= 0.3 is 0 Å². The van der Waals surface area contributed by atoms with Gasteiger partial charge in [0.15, 0.2) is 0 Å². The standard InChI is InChI=1S/C16H31N3O/c1-12(2)11-14(16(20)18(3)4)17-13-8-10-19-9-6-5-7-15(13)19/h12-15,17H,5-11H2,1-4H3. The Bertz CT molecular complexity index is 330. The van der Waals surface area contributed by atoms with Crippen molar-refractivity contribution in [2.45, 2.75) is 64.1 Å². The monoisotopic (exact) mass is 281 g/mol. The number of piperidine rings is 1. The van der Waals surface area contributed by atoms with E-state index in [2.05, 4.69) is 24.1 Å². The van der Waals surface area contributed by atoms with Gasteiger partial charge in [0.1, 0.15) is 0 Å². The number of amides is 1. The van der Waals surface area contributed by atoms with E-state index in [0.717, 1.165) is 6.42 Å². The number of nitrogens with zero attached hydrogens (tertiary/aromatic N) is 2. The molecule has 0 saturated carbocycles. The second-order valence-electron chi connectivity index (χ2n) is 7.08. The fraction of sp³-hybridized carbons (Fsp3) is 0.938. The molecule has 0 aromatic carbocycles. The lowest BCUT2D eigenvalue weighted by atomic mass is 9.96. The van der Waals surface area contributed by atoms with Crippen molar-refractivity contribution in [2.24, 2.45) is 5.92 Å². The maximum Gasteiger partial charge on any atom is 0.239 e. The predicted molar refractivity (Wildman–Crippen MR) is 82.7 cm³/mol. The molecule has 3 atom stereocenters. The van der Waals surface area contributed by atoms with E-state index in [1.54, 1.807) is 4.90 Å². The van der Waals surface area contributed by atoms with Crippen molar-refractivity contribution in [1.29, 1.82) is 0 Å². The Hall–Kier alpha value is -0.610. The van der Waals surface area contributed by atoms with E-state index in [9.17, 15) is 4.79 Å². The summed E-state index contributed by atoms with van der Waals surface area (Å²) in [4.78, 5) is 16.7. The van der Waals surface area contributed by atoms with Crippen LogP contribution in [0, 0.1) is 5.92 Å². The van der Waals surface area contributed by atoms with Crippen LogP contribution in [0.15, 0.2) is 0 Å². The van der Waals surface area contributed by atoms with Crippen molar-refractivity contribution >= 4 is 5.91 Å². The number of likely N-dealkylation sites (N-methyl/N-ethyl adjacent to an activating group) is 1. The number of carbonyl (C=O) groups excluding carboxylic acids is 1. The molecule has 3 unspecified atom stereocenters. The zero-order valence-corrected chi connectivity index (χ0v) is 13.6. The maximum atomic E-state index is 12.4. The molecule has 0 spiro atoms. The van der Waals surface area contributed by atoms with Crippen LogP contribution in [0.3, 0.4) is 0 Å². The Morgan fingerprint density at radius 1 is 1.25 bits per heavy atom. The van der Waals surface area contributed by atoms with Gasteiger partial charge in [-0.2, -0.15) is 0 Å². The Labute approximate surface area is 123 Å². The zero-order valence-electron chi connectivity index (χ0n) is 13.6. The van der Waals surface area contributed by atoms with E-state index in [1.165, 1.54) is 38.8 Å². The van der Waals surface area contributed by atoms with Crippen molar-refractivity contribution in [1.82, 2.24) is 15.1 Å². The predicted octanol–water partition coefficient (Wildman–Crippen LogP) is 1.71. The minimum atomic E-state index is -0.0168. The number of fused-ring (bicyclic) bond motifs is 1. The first-order valence-corrected chi connectivity index (χ1v) is 8.20. The third-order valence-electron chi connectivity index (χ3n) is 4.72.